The highest BCUT2D eigenvalue weighted by molar-refractivity contribution is 6.31. The predicted octanol–water partition coefficient (Wildman–Crippen LogP) is 2.13. The number of ether oxygens (including phenoxy) is 1. The van der Waals surface area contributed by atoms with Gasteiger partial charge in [-0.05, 0) is 6.07 Å². The van der Waals surface area contributed by atoms with Crippen LogP contribution in [0.15, 0.2) is 12.1 Å². The molecule has 0 unspecified atom stereocenters. The van der Waals surface area contributed by atoms with Crippen molar-refractivity contribution in [3.8, 4) is 5.88 Å². The van der Waals surface area contributed by atoms with Gasteiger partial charge in [-0.2, -0.15) is 13.2 Å². The molecule has 0 aliphatic heterocycles. The molecule has 15 heavy (non-hydrogen) atoms. The summed E-state index contributed by atoms with van der Waals surface area (Å²) in [4.78, 5) is 3.71. The molecule has 0 fully saturated rings. The number of hydrogen-bond donors (Lipinski definition) is 1. The third kappa shape index (κ3) is 3.93. The molecular formula is C8H8ClF3N2O. The summed E-state index contributed by atoms with van der Waals surface area (Å²) in [6.45, 7) is -1.34. The van der Waals surface area contributed by atoms with Crippen LogP contribution < -0.4 is 10.5 Å². The normalized spacial score (nSPS) is 11.5. The van der Waals surface area contributed by atoms with Crippen molar-refractivity contribution in [1.29, 1.82) is 0 Å². The minimum Gasteiger partial charge on any atom is -0.468 e. The van der Waals surface area contributed by atoms with Crippen LogP contribution in [-0.2, 0) is 6.54 Å². The Balaban J connectivity index is 2.70. The average molecular weight is 241 g/mol. The van der Waals surface area contributed by atoms with Gasteiger partial charge in [0.05, 0.1) is 10.7 Å². The maximum Gasteiger partial charge on any atom is 0.422 e. The van der Waals surface area contributed by atoms with E-state index in [1.165, 1.54) is 12.1 Å². The second-order valence-corrected chi connectivity index (χ2v) is 3.09. The molecule has 1 aromatic rings. The fourth-order valence-electron chi connectivity index (χ4n) is 0.844. The molecule has 0 aliphatic rings. The summed E-state index contributed by atoms with van der Waals surface area (Å²) < 4.78 is 39.8. The first kappa shape index (κ1) is 12.1. The second-order valence-electron chi connectivity index (χ2n) is 2.69. The minimum atomic E-state index is -4.38. The van der Waals surface area contributed by atoms with E-state index in [1.54, 1.807) is 0 Å². The van der Waals surface area contributed by atoms with Crippen LogP contribution in [0.25, 0.3) is 0 Å². The van der Waals surface area contributed by atoms with Crippen LogP contribution in [0.4, 0.5) is 13.2 Å². The molecule has 0 bridgehead atoms. The number of nitrogens with zero attached hydrogens (tertiary/aromatic N) is 1. The van der Waals surface area contributed by atoms with Crippen LogP contribution in [-0.4, -0.2) is 17.8 Å². The highest BCUT2D eigenvalue weighted by atomic mass is 35.5. The van der Waals surface area contributed by atoms with Crippen molar-refractivity contribution >= 4 is 11.6 Å². The molecule has 7 heteroatoms. The summed E-state index contributed by atoms with van der Waals surface area (Å²) >= 11 is 5.67. The molecule has 2 N–H and O–H groups in total. The number of alkyl halides is 3. The molecule has 0 saturated heterocycles. The van der Waals surface area contributed by atoms with Crippen molar-refractivity contribution < 1.29 is 17.9 Å². The predicted molar refractivity (Wildman–Crippen MR) is 48.7 cm³/mol. The Morgan fingerprint density at radius 2 is 2.07 bits per heavy atom. The highest BCUT2D eigenvalue weighted by Gasteiger charge is 2.28. The number of nitrogens with two attached hydrogens (primary N) is 1. The number of rotatable bonds is 3. The molecule has 3 nitrogen and oxygen atoms in total. The zero-order valence-electron chi connectivity index (χ0n) is 7.51. The van der Waals surface area contributed by atoms with Crippen LogP contribution in [0.5, 0.6) is 5.88 Å². The first-order valence-corrected chi connectivity index (χ1v) is 4.35. The quantitative estimate of drug-likeness (QED) is 0.881. The molecule has 1 aromatic heterocycles. The van der Waals surface area contributed by atoms with Crippen LogP contribution in [0.3, 0.4) is 0 Å². The van der Waals surface area contributed by atoms with Crippen LogP contribution in [0.1, 0.15) is 5.69 Å². The lowest BCUT2D eigenvalue weighted by atomic mass is 10.3. The molecule has 0 saturated carbocycles. The van der Waals surface area contributed by atoms with Gasteiger partial charge in [-0.15, -0.1) is 0 Å². The van der Waals surface area contributed by atoms with Gasteiger partial charge in [-0.1, -0.05) is 11.6 Å². The molecule has 1 heterocycles. The van der Waals surface area contributed by atoms with Gasteiger partial charge < -0.3 is 10.5 Å². The summed E-state index contributed by atoms with van der Waals surface area (Å²) in [7, 11) is 0. The number of pyridine rings is 1. The lowest BCUT2D eigenvalue weighted by Crippen LogP contribution is -2.19. The molecule has 1 rings (SSSR count). The lowest BCUT2D eigenvalue weighted by molar-refractivity contribution is -0.154. The Morgan fingerprint density at radius 1 is 1.40 bits per heavy atom. The zero-order chi connectivity index (χ0) is 11.5. The van der Waals surface area contributed by atoms with Crippen LogP contribution in [0, 0.1) is 0 Å². The van der Waals surface area contributed by atoms with Crippen molar-refractivity contribution in [3.05, 3.63) is 22.8 Å². The third-order valence-electron chi connectivity index (χ3n) is 1.47. The Labute approximate surface area is 89.0 Å². The van der Waals surface area contributed by atoms with E-state index in [-0.39, 0.29) is 12.4 Å². The molecular weight excluding hydrogens is 233 g/mol. The van der Waals surface area contributed by atoms with Gasteiger partial charge in [0, 0.05) is 12.6 Å². The van der Waals surface area contributed by atoms with Crippen molar-refractivity contribution in [2.45, 2.75) is 12.7 Å². The first-order valence-electron chi connectivity index (χ1n) is 3.97. The highest BCUT2D eigenvalue weighted by Crippen LogP contribution is 2.20. The fourth-order valence-corrected chi connectivity index (χ4v) is 1.03. The van der Waals surface area contributed by atoms with Gasteiger partial charge in [0.15, 0.2) is 6.61 Å². The lowest BCUT2D eigenvalue weighted by Gasteiger charge is -2.09. The maximum absolute atomic E-state index is 11.8. The summed E-state index contributed by atoms with van der Waals surface area (Å²) in [5.41, 5.74) is 5.58. The average Bonchev–Trinajstić information content (AvgIpc) is 2.15. The SMILES string of the molecule is NCc1nc(OCC(F)(F)F)ccc1Cl. The monoisotopic (exact) mass is 240 g/mol. The standard InChI is InChI=1S/C8H8ClF3N2O/c9-5-1-2-7(14-6(5)3-13)15-4-8(10,11)12/h1-2H,3-4,13H2. The summed E-state index contributed by atoms with van der Waals surface area (Å²) in [5, 5.41) is 0.303. The van der Waals surface area contributed by atoms with E-state index in [0.29, 0.717) is 10.7 Å². The summed E-state index contributed by atoms with van der Waals surface area (Å²) in [6.07, 6.45) is -4.38. The fraction of sp³-hybridized carbons (Fsp3) is 0.375. The van der Waals surface area contributed by atoms with Crippen molar-refractivity contribution in [2.24, 2.45) is 5.73 Å². The zero-order valence-corrected chi connectivity index (χ0v) is 8.27. The van der Waals surface area contributed by atoms with E-state index in [4.69, 9.17) is 17.3 Å². The topological polar surface area (TPSA) is 48.1 Å². The van der Waals surface area contributed by atoms with E-state index in [2.05, 4.69) is 9.72 Å². The van der Waals surface area contributed by atoms with Gasteiger partial charge in [0.1, 0.15) is 0 Å². The van der Waals surface area contributed by atoms with Gasteiger partial charge in [-0.3, -0.25) is 0 Å². The number of halogens is 4. The summed E-state index contributed by atoms with van der Waals surface area (Å²) in [5.74, 6) is -0.142. The Morgan fingerprint density at radius 3 is 2.60 bits per heavy atom. The molecule has 0 aromatic carbocycles. The van der Waals surface area contributed by atoms with Crippen LogP contribution >= 0.6 is 11.6 Å². The second kappa shape index (κ2) is 4.67. The van der Waals surface area contributed by atoms with Crippen molar-refractivity contribution in [3.63, 3.8) is 0 Å². The van der Waals surface area contributed by atoms with Crippen molar-refractivity contribution in [2.75, 3.05) is 6.61 Å². The van der Waals surface area contributed by atoms with E-state index in [9.17, 15) is 13.2 Å². The number of hydrogen-bond acceptors (Lipinski definition) is 3. The third-order valence-corrected chi connectivity index (χ3v) is 1.81. The summed E-state index contributed by atoms with van der Waals surface area (Å²) in [6, 6.07) is 2.65. The van der Waals surface area contributed by atoms with Gasteiger partial charge in [-0.25, -0.2) is 4.98 Å². The number of aromatic nitrogens is 1. The van der Waals surface area contributed by atoms with E-state index >= 15 is 0 Å². The molecule has 0 atom stereocenters. The Bertz CT molecular complexity index is 343. The largest absolute Gasteiger partial charge is 0.468 e. The first-order chi connectivity index (χ1) is 6.92. The van der Waals surface area contributed by atoms with Crippen molar-refractivity contribution in [1.82, 2.24) is 4.98 Å². The molecule has 84 valence electrons. The minimum absolute atomic E-state index is 0.0437. The van der Waals surface area contributed by atoms with E-state index < -0.39 is 12.8 Å². The maximum atomic E-state index is 11.8. The van der Waals surface area contributed by atoms with E-state index in [0.717, 1.165) is 0 Å². The Hall–Kier alpha value is -1.01. The van der Waals surface area contributed by atoms with Gasteiger partial charge in [0.2, 0.25) is 5.88 Å². The molecule has 0 radical (unpaired) electrons. The molecule has 0 spiro atoms. The molecule has 0 amide bonds. The van der Waals surface area contributed by atoms with E-state index in [1.807, 2.05) is 0 Å². The van der Waals surface area contributed by atoms with Gasteiger partial charge in [0.25, 0.3) is 0 Å². The Kier molecular flexibility index (Phi) is 3.76. The smallest absolute Gasteiger partial charge is 0.422 e. The van der Waals surface area contributed by atoms with Gasteiger partial charge >= 0.3 is 6.18 Å². The van der Waals surface area contributed by atoms with Crippen LogP contribution in [0.2, 0.25) is 5.02 Å². The molecule has 0 aliphatic carbocycles.